The fraction of sp³-hybridized carbons (Fsp3) is 0.227. The molecule has 0 aliphatic carbocycles. The first-order valence-corrected chi connectivity index (χ1v) is 11.0. The highest BCUT2D eigenvalue weighted by Crippen LogP contribution is 2.31. The van der Waals surface area contributed by atoms with Gasteiger partial charge in [-0.2, -0.15) is 4.31 Å². The van der Waals surface area contributed by atoms with Crippen molar-refractivity contribution >= 4 is 32.4 Å². The summed E-state index contributed by atoms with van der Waals surface area (Å²) in [6.45, 7) is 1.43. The third kappa shape index (κ3) is 3.89. The van der Waals surface area contributed by atoms with E-state index in [1.807, 2.05) is 24.3 Å². The largest absolute Gasteiger partial charge is 0.496 e. The van der Waals surface area contributed by atoms with Crippen LogP contribution >= 0.6 is 0 Å². The third-order valence-corrected chi connectivity index (χ3v) is 6.99. The predicted molar refractivity (Wildman–Crippen MR) is 114 cm³/mol. The zero-order valence-corrected chi connectivity index (χ0v) is 17.3. The minimum absolute atomic E-state index is 0.163. The van der Waals surface area contributed by atoms with Crippen LogP contribution in [0.4, 0.5) is 5.69 Å². The molecule has 0 saturated carbocycles. The first kappa shape index (κ1) is 20.3. The van der Waals surface area contributed by atoms with Crippen molar-refractivity contribution in [1.82, 2.24) is 4.31 Å². The standard InChI is InChI=1S/C22H22N2O5S/c1-28-21-11-10-20(18-4-2-3-5-19(18)21)23-22(25)16-6-8-17(9-7-16)30(26,27)24-12-14-29-15-13-24/h2-11H,12-15H2,1H3,(H,23,25). The number of benzene rings is 3. The summed E-state index contributed by atoms with van der Waals surface area (Å²) >= 11 is 0. The van der Waals surface area contributed by atoms with Crippen molar-refractivity contribution < 1.29 is 22.7 Å². The van der Waals surface area contributed by atoms with E-state index >= 15 is 0 Å². The molecule has 1 N–H and O–H groups in total. The summed E-state index contributed by atoms with van der Waals surface area (Å²) in [5.41, 5.74) is 1.03. The number of methoxy groups -OCH3 is 1. The maximum Gasteiger partial charge on any atom is 0.255 e. The monoisotopic (exact) mass is 426 g/mol. The van der Waals surface area contributed by atoms with E-state index in [1.54, 1.807) is 19.2 Å². The van der Waals surface area contributed by atoms with Crippen LogP contribution in [0.25, 0.3) is 10.8 Å². The summed E-state index contributed by atoms with van der Waals surface area (Å²) in [5.74, 6) is 0.405. The fourth-order valence-electron chi connectivity index (χ4n) is 3.47. The van der Waals surface area contributed by atoms with E-state index in [4.69, 9.17) is 9.47 Å². The molecule has 7 nitrogen and oxygen atoms in total. The van der Waals surface area contributed by atoms with Crippen LogP contribution in [0.3, 0.4) is 0 Å². The van der Waals surface area contributed by atoms with Crippen molar-refractivity contribution in [3.05, 3.63) is 66.2 Å². The van der Waals surface area contributed by atoms with Crippen LogP contribution in [0.15, 0.2) is 65.6 Å². The number of anilines is 1. The highest BCUT2D eigenvalue weighted by atomic mass is 32.2. The van der Waals surface area contributed by atoms with Gasteiger partial charge in [0.25, 0.3) is 5.91 Å². The van der Waals surface area contributed by atoms with Gasteiger partial charge in [-0.15, -0.1) is 0 Å². The van der Waals surface area contributed by atoms with E-state index in [2.05, 4.69) is 5.32 Å². The molecule has 0 radical (unpaired) electrons. The number of sulfonamides is 1. The van der Waals surface area contributed by atoms with Crippen molar-refractivity contribution in [2.75, 3.05) is 38.7 Å². The molecule has 4 rings (SSSR count). The Bertz CT molecular complexity index is 1170. The minimum Gasteiger partial charge on any atom is -0.496 e. The van der Waals surface area contributed by atoms with Gasteiger partial charge in [0.1, 0.15) is 5.75 Å². The number of hydrogen-bond donors (Lipinski definition) is 1. The van der Waals surface area contributed by atoms with Crippen molar-refractivity contribution in [2.24, 2.45) is 0 Å². The van der Waals surface area contributed by atoms with Crippen molar-refractivity contribution in [3.63, 3.8) is 0 Å². The highest BCUT2D eigenvalue weighted by molar-refractivity contribution is 7.89. The minimum atomic E-state index is -3.59. The van der Waals surface area contributed by atoms with Gasteiger partial charge in [0.05, 0.1) is 25.2 Å². The first-order valence-electron chi connectivity index (χ1n) is 9.56. The number of carbonyl (C=O) groups is 1. The number of carbonyl (C=O) groups excluding carboxylic acids is 1. The molecule has 1 heterocycles. The molecule has 8 heteroatoms. The molecule has 0 aromatic heterocycles. The van der Waals surface area contributed by atoms with Gasteiger partial charge < -0.3 is 14.8 Å². The number of amides is 1. The molecule has 0 atom stereocenters. The smallest absolute Gasteiger partial charge is 0.255 e. The van der Waals surface area contributed by atoms with Crippen LogP contribution < -0.4 is 10.1 Å². The Labute approximate surface area is 175 Å². The average molecular weight is 426 g/mol. The molecule has 1 saturated heterocycles. The molecule has 0 spiro atoms. The lowest BCUT2D eigenvalue weighted by Gasteiger charge is -2.26. The summed E-state index contributed by atoms with van der Waals surface area (Å²) in [5, 5.41) is 4.65. The molecule has 1 aliphatic rings. The number of fused-ring (bicyclic) bond motifs is 1. The zero-order valence-electron chi connectivity index (χ0n) is 16.5. The molecular formula is C22H22N2O5S. The van der Waals surface area contributed by atoms with E-state index < -0.39 is 10.0 Å². The van der Waals surface area contributed by atoms with Crippen LogP contribution in [0.2, 0.25) is 0 Å². The van der Waals surface area contributed by atoms with Gasteiger partial charge in [-0.25, -0.2) is 8.42 Å². The molecule has 3 aromatic carbocycles. The van der Waals surface area contributed by atoms with Gasteiger partial charge in [0, 0.05) is 35.1 Å². The number of rotatable bonds is 5. The Morgan fingerprint density at radius 3 is 2.30 bits per heavy atom. The van der Waals surface area contributed by atoms with Crippen molar-refractivity contribution in [2.45, 2.75) is 4.90 Å². The SMILES string of the molecule is COc1ccc(NC(=O)c2ccc(S(=O)(=O)N3CCOCC3)cc2)c2ccccc12. The van der Waals surface area contributed by atoms with E-state index in [-0.39, 0.29) is 10.8 Å². The zero-order chi connectivity index (χ0) is 21.1. The van der Waals surface area contributed by atoms with Crippen molar-refractivity contribution in [1.29, 1.82) is 0 Å². The molecule has 0 unspecified atom stereocenters. The van der Waals surface area contributed by atoms with E-state index in [9.17, 15) is 13.2 Å². The highest BCUT2D eigenvalue weighted by Gasteiger charge is 2.26. The number of nitrogens with one attached hydrogen (secondary N) is 1. The summed E-state index contributed by atoms with van der Waals surface area (Å²) < 4.78 is 37.4. The van der Waals surface area contributed by atoms with Gasteiger partial charge in [-0.1, -0.05) is 24.3 Å². The summed E-state index contributed by atoms with van der Waals surface area (Å²) in [6.07, 6.45) is 0. The Hall–Kier alpha value is -2.94. The quantitative estimate of drug-likeness (QED) is 0.678. The molecule has 1 aliphatic heterocycles. The summed E-state index contributed by atoms with van der Waals surface area (Å²) in [6, 6.07) is 17.2. The lowest BCUT2D eigenvalue weighted by Crippen LogP contribution is -2.40. The molecule has 156 valence electrons. The van der Waals surface area contributed by atoms with Crippen LogP contribution in [0.1, 0.15) is 10.4 Å². The second-order valence-electron chi connectivity index (χ2n) is 6.86. The van der Waals surface area contributed by atoms with Gasteiger partial charge in [0.2, 0.25) is 10.0 Å². The molecule has 1 fully saturated rings. The van der Waals surface area contributed by atoms with Crippen LogP contribution in [-0.4, -0.2) is 52.0 Å². The van der Waals surface area contributed by atoms with Gasteiger partial charge in [-0.05, 0) is 36.4 Å². The topological polar surface area (TPSA) is 84.9 Å². The van der Waals surface area contributed by atoms with Crippen LogP contribution in [0.5, 0.6) is 5.75 Å². The van der Waals surface area contributed by atoms with Gasteiger partial charge in [0.15, 0.2) is 0 Å². The Morgan fingerprint density at radius 1 is 0.967 bits per heavy atom. The number of hydrogen-bond acceptors (Lipinski definition) is 5. The average Bonchev–Trinajstić information content (AvgIpc) is 2.80. The maximum atomic E-state index is 12.8. The Kier molecular flexibility index (Phi) is 5.72. The molecule has 30 heavy (non-hydrogen) atoms. The lowest BCUT2D eigenvalue weighted by molar-refractivity contribution is 0.0730. The summed E-state index contributed by atoms with van der Waals surface area (Å²) in [4.78, 5) is 12.9. The van der Waals surface area contributed by atoms with E-state index in [0.29, 0.717) is 37.6 Å². The second kappa shape index (κ2) is 8.43. The fourth-order valence-corrected chi connectivity index (χ4v) is 4.88. The van der Waals surface area contributed by atoms with Crippen LogP contribution in [0, 0.1) is 0 Å². The molecule has 1 amide bonds. The Balaban J connectivity index is 1.56. The van der Waals surface area contributed by atoms with Gasteiger partial charge >= 0.3 is 0 Å². The molecule has 0 bridgehead atoms. The second-order valence-corrected chi connectivity index (χ2v) is 8.79. The van der Waals surface area contributed by atoms with Gasteiger partial charge in [-0.3, -0.25) is 4.79 Å². The molecule has 3 aromatic rings. The maximum absolute atomic E-state index is 12.8. The van der Waals surface area contributed by atoms with E-state index in [0.717, 1.165) is 16.5 Å². The number of nitrogens with zero attached hydrogens (tertiary/aromatic N) is 1. The summed E-state index contributed by atoms with van der Waals surface area (Å²) in [7, 11) is -1.99. The first-order chi connectivity index (χ1) is 14.5. The van der Waals surface area contributed by atoms with Crippen LogP contribution in [-0.2, 0) is 14.8 Å². The molecular weight excluding hydrogens is 404 g/mol. The predicted octanol–water partition coefficient (Wildman–Crippen LogP) is 3.12. The number of morpholine rings is 1. The van der Waals surface area contributed by atoms with E-state index in [1.165, 1.54) is 28.6 Å². The Morgan fingerprint density at radius 2 is 1.63 bits per heavy atom. The third-order valence-electron chi connectivity index (χ3n) is 5.08. The normalized spacial score (nSPS) is 15.1. The number of ether oxygens (including phenoxy) is 2. The van der Waals surface area contributed by atoms with Crippen molar-refractivity contribution in [3.8, 4) is 5.75 Å². The lowest BCUT2D eigenvalue weighted by atomic mass is 10.1.